The third-order valence-electron chi connectivity index (χ3n) is 4.21. The van der Waals surface area contributed by atoms with Crippen LogP contribution in [0.1, 0.15) is 83.9 Å². The van der Waals surface area contributed by atoms with E-state index in [-0.39, 0.29) is 0 Å². The Balaban J connectivity index is 2.19. The highest BCUT2D eigenvalue weighted by Gasteiger charge is 2.10. The normalized spacial score (nSPS) is 13.0. The quantitative estimate of drug-likeness (QED) is 0.564. The predicted molar refractivity (Wildman–Crippen MR) is 91.8 cm³/mol. The molecule has 1 atom stereocenters. The van der Waals surface area contributed by atoms with Gasteiger partial charge in [0.2, 0.25) is 0 Å². The van der Waals surface area contributed by atoms with E-state index in [1.165, 1.54) is 57.1 Å². The molecule has 0 aromatic carbocycles. The molecular weight excluding hydrogens is 258 g/mol. The van der Waals surface area contributed by atoms with E-state index in [4.69, 9.17) is 0 Å². The van der Waals surface area contributed by atoms with Crippen LogP contribution in [0.3, 0.4) is 0 Å². The van der Waals surface area contributed by atoms with Crippen molar-refractivity contribution in [2.45, 2.75) is 90.6 Å². The predicted octanol–water partition coefficient (Wildman–Crippen LogP) is 4.74. The monoisotopic (exact) mass is 293 g/mol. The van der Waals surface area contributed by atoms with E-state index >= 15 is 0 Å². The molecule has 1 unspecified atom stereocenters. The van der Waals surface area contributed by atoms with Gasteiger partial charge in [-0.25, -0.2) is 0 Å². The van der Waals surface area contributed by atoms with Gasteiger partial charge in [-0.3, -0.25) is 4.68 Å². The SMILES string of the molecule is CCCCCCCCCC(Cc1ccn(C(C)C)n1)NC. The van der Waals surface area contributed by atoms with Crippen molar-refractivity contribution < 1.29 is 0 Å². The van der Waals surface area contributed by atoms with E-state index in [9.17, 15) is 0 Å². The molecule has 0 saturated carbocycles. The van der Waals surface area contributed by atoms with Crippen LogP contribution >= 0.6 is 0 Å². The first kappa shape index (κ1) is 18.2. The molecule has 0 radical (unpaired) electrons. The Bertz CT molecular complexity index is 357. The van der Waals surface area contributed by atoms with Crippen LogP contribution in [0.4, 0.5) is 0 Å². The second kappa shape index (κ2) is 10.8. The number of hydrogen-bond acceptors (Lipinski definition) is 2. The average molecular weight is 293 g/mol. The number of aromatic nitrogens is 2. The summed E-state index contributed by atoms with van der Waals surface area (Å²) >= 11 is 0. The summed E-state index contributed by atoms with van der Waals surface area (Å²) in [6.45, 7) is 6.62. The fourth-order valence-corrected chi connectivity index (χ4v) is 2.72. The van der Waals surface area contributed by atoms with E-state index in [1.807, 2.05) is 0 Å². The Morgan fingerprint density at radius 3 is 2.33 bits per heavy atom. The maximum Gasteiger partial charge on any atom is 0.0640 e. The molecule has 0 fully saturated rings. The summed E-state index contributed by atoms with van der Waals surface area (Å²) in [4.78, 5) is 0. The zero-order valence-corrected chi connectivity index (χ0v) is 14.6. The summed E-state index contributed by atoms with van der Waals surface area (Å²) in [6.07, 6.45) is 14.1. The highest BCUT2D eigenvalue weighted by Crippen LogP contribution is 2.12. The van der Waals surface area contributed by atoms with Crippen molar-refractivity contribution in [2.24, 2.45) is 0 Å². The number of nitrogens with zero attached hydrogens (tertiary/aromatic N) is 2. The minimum absolute atomic E-state index is 0.454. The van der Waals surface area contributed by atoms with Gasteiger partial charge in [-0.2, -0.15) is 5.10 Å². The lowest BCUT2D eigenvalue weighted by atomic mass is 10.0. The fourth-order valence-electron chi connectivity index (χ4n) is 2.72. The van der Waals surface area contributed by atoms with Crippen molar-refractivity contribution in [2.75, 3.05) is 7.05 Å². The van der Waals surface area contributed by atoms with Crippen LogP contribution in [0.25, 0.3) is 0 Å². The summed E-state index contributed by atoms with van der Waals surface area (Å²) in [7, 11) is 2.07. The molecule has 1 aromatic heterocycles. The molecule has 0 bridgehead atoms. The summed E-state index contributed by atoms with van der Waals surface area (Å²) in [6, 6.07) is 3.18. The molecule has 3 heteroatoms. The van der Waals surface area contributed by atoms with Crippen molar-refractivity contribution in [3.05, 3.63) is 18.0 Å². The molecule has 21 heavy (non-hydrogen) atoms. The molecule has 1 rings (SSSR count). The first-order valence-electron chi connectivity index (χ1n) is 8.88. The Hall–Kier alpha value is -0.830. The largest absolute Gasteiger partial charge is 0.317 e. The average Bonchev–Trinajstić information content (AvgIpc) is 2.94. The van der Waals surface area contributed by atoms with Gasteiger partial charge < -0.3 is 5.32 Å². The summed E-state index contributed by atoms with van der Waals surface area (Å²) in [5.41, 5.74) is 1.21. The Morgan fingerprint density at radius 1 is 1.10 bits per heavy atom. The lowest BCUT2D eigenvalue weighted by Gasteiger charge is -2.15. The lowest BCUT2D eigenvalue weighted by Crippen LogP contribution is -2.27. The molecule has 0 saturated heterocycles. The highest BCUT2D eigenvalue weighted by molar-refractivity contribution is 5.02. The summed E-state index contributed by atoms with van der Waals surface area (Å²) in [5, 5.41) is 8.10. The molecule has 0 aliphatic rings. The third kappa shape index (κ3) is 7.66. The van der Waals surface area contributed by atoms with Gasteiger partial charge in [0.05, 0.1) is 5.69 Å². The van der Waals surface area contributed by atoms with Gasteiger partial charge in [0.25, 0.3) is 0 Å². The third-order valence-corrected chi connectivity index (χ3v) is 4.21. The smallest absolute Gasteiger partial charge is 0.0640 e. The number of rotatable bonds is 12. The number of unbranched alkanes of at least 4 members (excludes halogenated alkanes) is 6. The molecule has 1 N–H and O–H groups in total. The fraction of sp³-hybridized carbons (Fsp3) is 0.833. The minimum Gasteiger partial charge on any atom is -0.317 e. The van der Waals surface area contributed by atoms with E-state index in [2.05, 4.69) is 55.2 Å². The topological polar surface area (TPSA) is 29.9 Å². The summed E-state index contributed by atoms with van der Waals surface area (Å²) < 4.78 is 2.05. The number of likely N-dealkylation sites (N-methyl/N-ethyl adjacent to an activating group) is 1. The molecule has 3 nitrogen and oxygen atoms in total. The maximum absolute atomic E-state index is 4.65. The van der Waals surface area contributed by atoms with Crippen LogP contribution in [0.15, 0.2) is 12.3 Å². The van der Waals surface area contributed by atoms with Gasteiger partial charge in [-0.15, -0.1) is 0 Å². The van der Waals surface area contributed by atoms with E-state index in [1.54, 1.807) is 0 Å². The first-order chi connectivity index (χ1) is 10.2. The van der Waals surface area contributed by atoms with Crippen LogP contribution in [-0.2, 0) is 6.42 Å². The Kier molecular flexibility index (Phi) is 9.40. The Labute approximate surface area is 131 Å². The van der Waals surface area contributed by atoms with Crippen LogP contribution in [0.5, 0.6) is 0 Å². The molecule has 0 aliphatic carbocycles. The second-order valence-corrected chi connectivity index (χ2v) is 6.48. The maximum atomic E-state index is 4.65. The van der Waals surface area contributed by atoms with Crippen molar-refractivity contribution in [3.8, 4) is 0 Å². The van der Waals surface area contributed by atoms with Crippen LogP contribution in [-0.4, -0.2) is 22.9 Å². The number of nitrogens with one attached hydrogen (secondary N) is 1. The summed E-state index contributed by atoms with van der Waals surface area (Å²) in [5.74, 6) is 0. The number of hydrogen-bond donors (Lipinski definition) is 1. The molecule has 0 amide bonds. The molecule has 1 aromatic rings. The van der Waals surface area contributed by atoms with Crippen molar-refractivity contribution in [1.29, 1.82) is 0 Å². The van der Waals surface area contributed by atoms with Crippen molar-refractivity contribution in [1.82, 2.24) is 15.1 Å². The lowest BCUT2D eigenvalue weighted by molar-refractivity contribution is 0.467. The van der Waals surface area contributed by atoms with Gasteiger partial charge >= 0.3 is 0 Å². The van der Waals surface area contributed by atoms with Gasteiger partial charge in [0.15, 0.2) is 0 Å². The molecule has 1 heterocycles. The van der Waals surface area contributed by atoms with Gasteiger partial charge in [0, 0.05) is 24.7 Å². The second-order valence-electron chi connectivity index (χ2n) is 6.48. The standard InChI is InChI=1S/C18H35N3/c1-5-6-7-8-9-10-11-12-17(19-4)15-18-13-14-21(20-18)16(2)3/h13-14,16-17,19H,5-12,15H2,1-4H3. The van der Waals surface area contributed by atoms with Crippen molar-refractivity contribution in [3.63, 3.8) is 0 Å². The van der Waals surface area contributed by atoms with Crippen LogP contribution < -0.4 is 5.32 Å². The molecule has 0 spiro atoms. The molecular formula is C18H35N3. The minimum atomic E-state index is 0.454. The van der Waals surface area contributed by atoms with Gasteiger partial charge in [-0.05, 0) is 33.4 Å². The van der Waals surface area contributed by atoms with E-state index in [0.717, 1.165) is 6.42 Å². The van der Waals surface area contributed by atoms with E-state index < -0.39 is 0 Å². The zero-order chi connectivity index (χ0) is 15.5. The Morgan fingerprint density at radius 2 is 1.76 bits per heavy atom. The van der Waals surface area contributed by atoms with E-state index in [0.29, 0.717) is 12.1 Å². The highest BCUT2D eigenvalue weighted by atomic mass is 15.3. The zero-order valence-electron chi connectivity index (χ0n) is 14.6. The van der Waals surface area contributed by atoms with Crippen LogP contribution in [0, 0.1) is 0 Å². The molecule has 122 valence electrons. The van der Waals surface area contributed by atoms with Gasteiger partial charge in [0.1, 0.15) is 0 Å². The van der Waals surface area contributed by atoms with Crippen molar-refractivity contribution >= 4 is 0 Å². The molecule has 0 aliphatic heterocycles. The van der Waals surface area contributed by atoms with Gasteiger partial charge in [-0.1, -0.05) is 51.9 Å². The first-order valence-corrected chi connectivity index (χ1v) is 8.88. The van der Waals surface area contributed by atoms with Crippen LogP contribution in [0.2, 0.25) is 0 Å².